The van der Waals surface area contributed by atoms with Gasteiger partial charge in [0.05, 0.1) is 0 Å². The predicted molar refractivity (Wildman–Crippen MR) is 82.6 cm³/mol. The van der Waals surface area contributed by atoms with Crippen LogP contribution in [0, 0.1) is 5.92 Å². The minimum atomic E-state index is -1.14. The summed E-state index contributed by atoms with van der Waals surface area (Å²) in [7, 11) is 4.03. The molecule has 0 atom stereocenters. The van der Waals surface area contributed by atoms with Gasteiger partial charge in [-0.25, -0.2) is 9.78 Å². The summed E-state index contributed by atoms with van der Waals surface area (Å²) in [5.74, 6) is -0.802. The highest BCUT2D eigenvalue weighted by Crippen LogP contribution is 2.28. The molecule has 116 valence electrons. The molecule has 6 nitrogen and oxygen atoms in total. The Labute approximate surface area is 128 Å². The zero-order chi connectivity index (χ0) is 15.6. The summed E-state index contributed by atoms with van der Waals surface area (Å²) in [6.07, 6.45) is 2.27. The molecule has 1 saturated heterocycles. The third-order valence-electron chi connectivity index (χ3n) is 3.83. The highest BCUT2D eigenvalue weighted by molar-refractivity contribution is 7.17. The third kappa shape index (κ3) is 3.79. The van der Waals surface area contributed by atoms with Crippen molar-refractivity contribution >= 4 is 28.2 Å². The lowest BCUT2D eigenvalue weighted by atomic mass is 9.97. The number of nitrogens with zero attached hydrogens (tertiary/aromatic N) is 3. The summed E-state index contributed by atoms with van der Waals surface area (Å²) >= 11 is 1.17. The van der Waals surface area contributed by atoms with Crippen molar-refractivity contribution in [1.82, 2.24) is 9.88 Å². The lowest BCUT2D eigenvalue weighted by Gasteiger charge is -2.31. The van der Waals surface area contributed by atoms with E-state index in [1.54, 1.807) is 0 Å². The monoisotopic (exact) mass is 311 g/mol. The minimum absolute atomic E-state index is 0.127. The first-order chi connectivity index (χ1) is 9.88. The number of thiazole rings is 1. The van der Waals surface area contributed by atoms with Gasteiger partial charge in [0, 0.05) is 20.5 Å². The Morgan fingerprint density at radius 2 is 2.05 bits per heavy atom. The Balaban J connectivity index is 2.08. The number of aromatic nitrogens is 1. The van der Waals surface area contributed by atoms with Crippen molar-refractivity contribution in [3.8, 4) is 0 Å². The zero-order valence-electron chi connectivity index (χ0n) is 12.6. The fourth-order valence-corrected chi connectivity index (χ4v) is 3.49. The average Bonchev–Trinajstić information content (AvgIpc) is 2.87. The molecule has 0 spiro atoms. The fraction of sp³-hybridized carbons (Fsp3) is 0.643. The van der Waals surface area contributed by atoms with Crippen LogP contribution in [0.1, 0.15) is 39.9 Å². The molecule has 0 bridgehead atoms. The second-order valence-corrected chi connectivity index (χ2v) is 6.64. The molecule has 7 heteroatoms. The maximum absolute atomic E-state index is 11.5. The van der Waals surface area contributed by atoms with Crippen molar-refractivity contribution in [1.29, 1.82) is 0 Å². The van der Waals surface area contributed by atoms with Crippen LogP contribution in [0.25, 0.3) is 0 Å². The summed E-state index contributed by atoms with van der Waals surface area (Å²) in [4.78, 5) is 31.3. The van der Waals surface area contributed by atoms with E-state index < -0.39 is 5.97 Å². The number of Topliss-reactive ketones (excluding diaryl/α,β-unsaturated/α-hetero) is 1. The van der Waals surface area contributed by atoms with Crippen LogP contribution in [0.4, 0.5) is 5.13 Å². The van der Waals surface area contributed by atoms with Crippen molar-refractivity contribution in [2.45, 2.75) is 19.8 Å². The Kier molecular flexibility index (Phi) is 4.95. The Bertz CT molecular complexity index is 504. The van der Waals surface area contributed by atoms with Gasteiger partial charge in [0.25, 0.3) is 0 Å². The molecular formula is C14H21N3O3S. The van der Waals surface area contributed by atoms with Crippen LogP contribution in [0.5, 0.6) is 0 Å². The maximum atomic E-state index is 11.5. The summed E-state index contributed by atoms with van der Waals surface area (Å²) in [5, 5.41) is 9.74. The Morgan fingerprint density at radius 3 is 2.52 bits per heavy atom. The lowest BCUT2D eigenvalue weighted by molar-refractivity contribution is 0.0687. The number of hydrogen-bond donors (Lipinski definition) is 1. The van der Waals surface area contributed by atoms with Crippen LogP contribution in [-0.4, -0.2) is 60.5 Å². The lowest BCUT2D eigenvalue weighted by Crippen LogP contribution is -2.35. The summed E-state index contributed by atoms with van der Waals surface area (Å²) in [5.41, 5.74) is -0.127. The van der Waals surface area contributed by atoms with E-state index in [-0.39, 0.29) is 16.4 Å². The second kappa shape index (κ2) is 6.53. The van der Waals surface area contributed by atoms with Crippen molar-refractivity contribution < 1.29 is 14.7 Å². The summed E-state index contributed by atoms with van der Waals surface area (Å²) in [6, 6.07) is 0. The van der Waals surface area contributed by atoms with Crippen molar-refractivity contribution in [3.05, 3.63) is 10.6 Å². The van der Waals surface area contributed by atoms with Crippen LogP contribution in [-0.2, 0) is 0 Å². The first-order valence-corrected chi connectivity index (χ1v) is 7.85. The van der Waals surface area contributed by atoms with Gasteiger partial charge in [0.2, 0.25) is 0 Å². The fourth-order valence-electron chi connectivity index (χ4n) is 2.57. The molecule has 0 aliphatic carbocycles. The van der Waals surface area contributed by atoms with Crippen LogP contribution in [0.2, 0.25) is 0 Å². The highest BCUT2D eigenvalue weighted by atomic mass is 32.1. The Morgan fingerprint density at radius 1 is 1.43 bits per heavy atom. The first kappa shape index (κ1) is 15.9. The number of aromatic carboxylic acids is 1. The number of likely N-dealkylation sites (tertiary alicyclic amines) is 1. The number of rotatable bonds is 5. The minimum Gasteiger partial charge on any atom is -0.476 e. The van der Waals surface area contributed by atoms with Crippen molar-refractivity contribution in [2.75, 3.05) is 38.6 Å². The molecule has 1 aromatic rings. The number of ketones is 1. The van der Waals surface area contributed by atoms with E-state index in [0.717, 1.165) is 32.5 Å². The van der Waals surface area contributed by atoms with Crippen LogP contribution in [0.3, 0.4) is 0 Å². The van der Waals surface area contributed by atoms with Crippen molar-refractivity contribution in [2.24, 2.45) is 5.92 Å². The van der Waals surface area contributed by atoms with Gasteiger partial charge in [-0.2, -0.15) is 0 Å². The van der Waals surface area contributed by atoms with Crippen LogP contribution in [0.15, 0.2) is 0 Å². The molecule has 0 aromatic carbocycles. The molecule has 21 heavy (non-hydrogen) atoms. The number of carboxylic acid groups (broad SMARTS) is 1. The van der Waals surface area contributed by atoms with E-state index in [9.17, 15) is 9.59 Å². The van der Waals surface area contributed by atoms with Gasteiger partial charge in [0.15, 0.2) is 16.6 Å². The van der Waals surface area contributed by atoms with Gasteiger partial charge in [-0.3, -0.25) is 4.79 Å². The molecule has 1 aliphatic rings. The molecule has 1 fully saturated rings. The van der Waals surface area contributed by atoms with Crippen molar-refractivity contribution in [3.63, 3.8) is 0 Å². The molecule has 0 amide bonds. The molecule has 0 saturated carbocycles. The highest BCUT2D eigenvalue weighted by Gasteiger charge is 2.24. The average molecular weight is 311 g/mol. The topological polar surface area (TPSA) is 73.7 Å². The van der Waals surface area contributed by atoms with E-state index in [1.165, 1.54) is 18.3 Å². The number of piperidine rings is 1. The molecule has 2 rings (SSSR count). The number of hydrogen-bond acceptors (Lipinski definition) is 6. The van der Waals surface area contributed by atoms with Gasteiger partial charge in [-0.05, 0) is 38.9 Å². The molecule has 0 radical (unpaired) electrons. The number of carbonyl (C=O) groups excluding carboxylic acids is 1. The van der Waals surface area contributed by atoms with E-state index in [2.05, 4.69) is 16.9 Å². The molecule has 2 heterocycles. The quantitative estimate of drug-likeness (QED) is 0.836. The second-order valence-electron chi connectivity index (χ2n) is 5.66. The Hall–Kier alpha value is -1.47. The van der Waals surface area contributed by atoms with E-state index in [0.29, 0.717) is 11.0 Å². The number of carbonyl (C=O) groups is 2. The standard InChI is InChI=1S/C14H21N3O3S/c1-9(18)12-11(13(19)20)15-14(21-12)17(3)8-10-4-6-16(2)7-5-10/h10H,4-8H2,1-3H3,(H,19,20). The number of carboxylic acids is 1. The third-order valence-corrected chi connectivity index (χ3v) is 5.11. The van der Waals surface area contributed by atoms with Gasteiger partial charge in [-0.1, -0.05) is 11.3 Å². The molecule has 1 aliphatic heterocycles. The van der Waals surface area contributed by atoms with E-state index >= 15 is 0 Å². The first-order valence-electron chi connectivity index (χ1n) is 7.03. The van der Waals surface area contributed by atoms with Gasteiger partial charge in [0.1, 0.15) is 4.88 Å². The maximum Gasteiger partial charge on any atom is 0.356 e. The van der Waals surface area contributed by atoms with Crippen LogP contribution < -0.4 is 4.90 Å². The SMILES string of the molecule is CC(=O)c1sc(N(C)CC2CCN(C)CC2)nc1C(=O)O. The van der Waals surface area contributed by atoms with Crippen LogP contribution >= 0.6 is 11.3 Å². The summed E-state index contributed by atoms with van der Waals surface area (Å²) < 4.78 is 0. The van der Waals surface area contributed by atoms with Gasteiger partial charge < -0.3 is 14.9 Å². The normalized spacial score (nSPS) is 16.9. The smallest absolute Gasteiger partial charge is 0.356 e. The van der Waals surface area contributed by atoms with E-state index in [4.69, 9.17) is 5.11 Å². The van der Waals surface area contributed by atoms with E-state index in [1.807, 2.05) is 11.9 Å². The zero-order valence-corrected chi connectivity index (χ0v) is 13.4. The largest absolute Gasteiger partial charge is 0.476 e. The van der Waals surface area contributed by atoms with Gasteiger partial charge in [-0.15, -0.1) is 0 Å². The molecule has 1 aromatic heterocycles. The molecular weight excluding hydrogens is 290 g/mol. The molecule has 1 N–H and O–H groups in total. The molecule has 0 unspecified atom stereocenters. The summed E-state index contributed by atoms with van der Waals surface area (Å²) in [6.45, 7) is 4.41. The predicted octanol–water partition coefficient (Wildman–Crippen LogP) is 1.82. The van der Waals surface area contributed by atoms with Gasteiger partial charge >= 0.3 is 5.97 Å². The number of anilines is 1.